The number of alkyl halides is 1. The summed E-state index contributed by atoms with van der Waals surface area (Å²) in [6, 6.07) is 4.64. The molecule has 17 heavy (non-hydrogen) atoms. The van der Waals surface area contributed by atoms with Crippen molar-refractivity contribution in [3.05, 3.63) is 23.4 Å². The molecular formula is C13H21ClN2S. The van der Waals surface area contributed by atoms with Crippen LogP contribution in [0.3, 0.4) is 0 Å². The van der Waals surface area contributed by atoms with Gasteiger partial charge in [0.1, 0.15) is 5.82 Å². The van der Waals surface area contributed by atoms with Crippen molar-refractivity contribution in [1.29, 1.82) is 0 Å². The average molecular weight is 273 g/mol. The molecule has 1 aromatic heterocycles. The molecule has 0 spiro atoms. The Bertz CT molecular complexity index is 357. The first-order chi connectivity index (χ1) is 8.10. The number of hydrogen-bond donors (Lipinski definition) is 0. The SMILES string of the molecule is CSCCC(C)N(C)c1ccc(CCl)c(C)n1. The first-order valence-corrected chi connectivity index (χ1v) is 7.77. The Hall–Kier alpha value is -0.410. The number of rotatable bonds is 6. The van der Waals surface area contributed by atoms with Crippen molar-refractivity contribution in [2.75, 3.05) is 24.0 Å². The van der Waals surface area contributed by atoms with Crippen LogP contribution in [0.4, 0.5) is 5.82 Å². The predicted molar refractivity (Wildman–Crippen MR) is 79.4 cm³/mol. The predicted octanol–water partition coefficient (Wildman–Crippen LogP) is 3.71. The number of aromatic nitrogens is 1. The highest BCUT2D eigenvalue weighted by Crippen LogP contribution is 2.18. The van der Waals surface area contributed by atoms with Crippen molar-refractivity contribution in [1.82, 2.24) is 4.98 Å². The Kier molecular flexibility index (Phi) is 6.14. The molecule has 1 heterocycles. The molecule has 0 bridgehead atoms. The smallest absolute Gasteiger partial charge is 0.128 e. The zero-order chi connectivity index (χ0) is 12.8. The molecule has 0 aliphatic carbocycles. The summed E-state index contributed by atoms with van der Waals surface area (Å²) in [5.41, 5.74) is 2.14. The van der Waals surface area contributed by atoms with Crippen LogP contribution in [0.5, 0.6) is 0 Å². The van der Waals surface area contributed by atoms with Crippen molar-refractivity contribution < 1.29 is 0 Å². The van der Waals surface area contributed by atoms with E-state index in [1.54, 1.807) is 0 Å². The van der Waals surface area contributed by atoms with Gasteiger partial charge in [-0.1, -0.05) is 6.07 Å². The summed E-state index contributed by atoms with van der Waals surface area (Å²) in [7, 11) is 2.10. The highest BCUT2D eigenvalue weighted by molar-refractivity contribution is 7.98. The fourth-order valence-corrected chi connectivity index (χ4v) is 2.48. The molecule has 2 nitrogen and oxygen atoms in total. The van der Waals surface area contributed by atoms with E-state index < -0.39 is 0 Å². The van der Waals surface area contributed by atoms with Crippen molar-refractivity contribution in [2.45, 2.75) is 32.2 Å². The number of pyridine rings is 1. The third kappa shape index (κ3) is 4.07. The molecule has 1 atom stereocenters. The zero-order valence-electron chi connectivity index (χ0n) is 11.0. The Balaban J connectivity index is 2.74. The van der Waals surface area contributed by atoms with Gasteiger partial charge in [0.2, 0.25) is 0 Å². The van der Waals surface area contributed by atoms with E-state index in [2.05, 4.69) is 42.2 Å². The molecule has 96 valence electrons. The third-order valence-corrected chi connectivity index (χ3v) is 4.02. The van der Waals surface area contributed by atoms with E-state index in [1.807, 2.05) is 18.7 Å². The number of halogens is 1. The van der Waals surface area contributed by atoms with Crippen LogP contribution in [0.1, 0.15) is 24.6 Å². The monoisotopic (exact) mass is 272 g/mol. The maximum Gasteiger partial charge on any atom is 0.128 e. The van der Waals surface area contributed by atoms with Gasteiger partial charge < -0.3 is 4.90 Å². The zero-order valence-corrected chi connectivity index (χ0v) is 12.6. The van der Waals surface area contributed by atoms with E-state index in [0.29, 0.717) is 11.9 Å². The van der Waals surface area contributed by atoms with Gasteiger partial charge in [0.15, 0.2) is 0 Å². The van der Waals surface area contributed by atoms with Crippen LogP contribution >= 0.6 is 23.4 Å². The second-order valence-corrected chi connectivity index (χ2v) is 5.54. The fraction of sp³-hybridized carbons (Fsp3) is 0.615. The molecule has 0 fully saturated rings. The molecule has 0 radical (unpaired) electrons. The number of thioether (sulfide) groups is 1. The Labute approximate surface area is 114 Å². The number of nitrogens with zero attached hydrogens (tertiary/aromatic N) is 2. The van der Waals surface area contributed by atoms with Crippen LogP contribution in [0.15, 0.2) is 12.1 Å². The molecule has 0 aliphatic heterocycles. The summed E-state index contributed by atoms with van der Waals surface area (Å²) in [6.07, 6.45) is 3.32. The summed E-state index contributed by atoms with van der Waals surface area (Å²) in [5, 5.41) is 0. The maximum atomic E-state index is 5.84. The van der Waals surface area contributed by atoms with Gasteiger partial charge in [0.25, 0.3) is 0 Å². The number of hydrogen-bond acceptors (Lipinski definition) is 3. The standard InChI is InChI=1S/C13H21ClN2S/c1-10(7-8-17-4)16(3)13-6-5-12(9-14)11(2)15-13/h5-6,10H,7-9H2,1-4H3. The van der Waals surface area contributed by atoms with E-state index in [4.69, 9.17) is 11.6 Å². The third-order valence-electron chi connectivity index (χ3n) is 3.09. The summed E-state index contributed by atoms with van der Waals surface area (Å²) in [5.74, 6) is 2.75. The molecule has 4 heteroatoms. The first-order valence-electron chi connectivity index (χ1n) is 5.84. The molecule has 0 aromatic carbocycles. The minimum atomic E-state index is 0.510. The van der Waals surface area contributed by atoms with Crippen molar-refractivity contribution in [3.63, 3.8) is 0 Å². The summed E-state index contributed by atoms with van der Waals surface area (Å²) >= 11 is 7.73. The van der Waals surface area contributed by atoms with Crippen molar-refractivity contribution in [2.24, 2.45) is 0 Å². The lowest BCUT2D eigenvalue weighted by Gasteiger charge is -2.26. The lowest BCUT2D eigenvalue weighted by atomic mass is 10.2. The second-order valence-electron chi connectivity index (χ2n) is 4.29. The normalized spacial score (nSPS) is 12.5. The van der Waals surface area contributed by atoms with Gasteiger partial charge in [0, 0.05) is 24.7 Å². The minimum Gasteiger partial charge on any atom is -0.357 e. The van der Waals surface area contributed by atoms with Crippen molar-refractivity contribution in [3.8, 4) is 0 Å². The highest BCUT2D eigenvalue weighted by atomic mass is 35.5. The van der Waals surface area contributed by atoms with Crippen molar-refractivity contribution >= 4 is 29.2 Å². The van der Waals surface area contributed by atoms with Crippen LogP contribution in [-0.2, 0) is 5.88 Å². The van der Waals surface area contributed by atoms with E-state index in [-0.39, 0.29) is 0 Å². The van der Waals surface area contributed by atoms with Crippen LogP contribution in [0.2, 0.25) is 0 Å². The van der Waals surface area contributed by atoms with Gasteiger partial charge in [-0.2, -0.15) is 11.8 Å². The fourth-order valence-electron chi connectivity index (χ4n) is 1.62. The molecule has 0 saturated heterocycles. The van der Waals surface area contributed by atoms with E-state index in [9.17, 15) is 0 Å². The Morgan fingerprint density at radius 3 is 2.71 bits per heavy atom. The van der Waals surface area contributed by atoms with Gasteiger partial charge in [-0.05, 0) is 43.9 Å². The summed E-state index contributed by atoms with van der Waals surface area (Å²) < 4.78 is 0. The van der Waals surface area contributed by atoms with Gasteiger partial charge >= 0.3 is 0 Å². The maximum absolute atomic E-state index is 5.84. The highest BCUT2D eigenvalue weighted by Gasteiger charge is 2.11. The molecule has 0 N–H and O–H groups in total. The van der Waals surface area contributed by atoms with E-state index >= 15 is 0 Å². The van der Waals surface area contributed by atoms with Crippen LogP contribution in [0.25, 0.3) is 0 Å². The summed E-state index contributed by atoms with van der Waals surface area (Å²) in [4.78, 5) is 6.85. The molecule has 0 amide bonds. The molecule has 0 saturated carbocycles. The largest absolute Gasteiger partial charge is 0.357 e. The Morgan fingerprint density at radius 2 is 2.18 bits per heavy atom. The number of aryl methyl sites for hydroxylation is 1. The van der Waals surface area contributed by atoms with Gasteiger partial charge in [0.05, 0.1) is 0 Å². The Morgan fingerprint density at radius 1 is 1.47 bits per heavy atom. The molecule has 0 aliphatic rings. The van der Waals surface area contributed by atoms with Gasteiger partial charge in [-0.15, -0.1) is 11.6 Å². The lowest BCUT2D eigenvalue weighted by Crippen LogP contribution is -2.30. The summed E-state index contributed by atoms with van der Waals surface area (Å²) in [6.45, 7) is 4.25. The molecule has 1 unspecified atom stereocenters. The molecule has 1 rings (SSSR count). The second kappa shape index (κ2) is 7.12. The first kappa shape index (κ1) is 14.7. The van der Waals surface area contributed by atoms with Crippen LogP contribution in [0, 0.1) is 6.92 Å². The number of anilines is 1. The van der Waals surface area contributed by atoms with Crippen LogP contribution < -0.4 is 4.90 Å². The quantitative estimate of drug-likeness (QED) is 0.735. The van der Waals surface area contributed by atoms with E-state index in [0.717, 1.165) is 17.1 Å². The molecular weight excluding hydrogens is 252 g/mol. The van der Waals surface area contributed by atoms with Crippen LogP contribution in [-0.4, -0.2) is 30.1 Å². The van der Waals surface area contributed by atoms with E-state index in [1.165, 1.54) is 12.2 Å². The van der Waals surface area contributed by atoms with Gasteiger partial charge in [-0.25, -0.2) is 4.98 Å². The topological polar surface area (TPSA) is 16.1 Å². The lowest BCUT2D eigenvalue weighted by molar-refractivity contribution is 0.661. The average Bonchev–Trinajstić information content (AvgIpc) is 2.34. The van der Waals surface area contributed by atoms with Gasteiger partial charge in [-0.3, -0.25) is 0 Å². The minimum absolute atomic E-state index is 0.510. The molecule has 1 aromatic rings.